The molecule has 26 heavy (non-hydrogen) atoms. The zero-order valence-electron chi connectivity index (χ0n) is 13.5. The van der Waals surface area contributed by atoms with E-state index in [1.54, 1.807) is 24.3 Å². The second kappa shape index (κ2) is 11.3. The van der Waals surface area contributed by atoms with Crippen LogP contribution in [0.15, 0.2) is 58.3 Å². The predicted molar refractivity (Wildman–Crippen MR) is 107 cm³/mol. The summed E-state index contributed by atoms with van der Waals surface area (Å²) in [6.45, 7) is 3.65. The van der Waals surface area contributed by atoms with Gasteiger partial charge in [0.1, 0.15) is 0 Å². The Morgan fingerprint density at radius 3 is 1.15 bits per heavy atom. The van der Waals surface area contributed by atoms with E-state index in [2.05, 4.69) is 9.44 Å². The third-order valence-corrected chi connectivity index (χ3v) is 6.33. The number of rotatable bonds is 7. The summed E-state index contributed by atoms with van der Waals surface area (Å²) >= 11 is 0. The second-order valence-electron chi connectivity index (χ2n) is 5.42. The van der Waals surface area contributed by atoms with Crippen molar-refractivity contribution in [1.82, 2.24) is 9.44 Å². The average Bonchev–Trinajstić information content (AvgIpc) is 2.52. The molecule has 0 unspecified atom stereocenters. The fourth-order valence-electron chi connectivity index (χ4n) is 1.97. The van der Waals surface area contributed by atoms with Gasteiger partial charge in [-0.2, -0.15) is 0 Å². The van der Waals surface area contributed by atoms with Gasteiger partial charge in [0.05, 0.1) is 9.79 Å². The van der Waals surface area contributed by atoms with E-state index in [1.165, 1.54) is 24.3 Å². The van der Waals surface area contributed by atoms with Gasteiger partial charge in [0.2, 0.25) is 20.0 Å². The van der Waals surface area contributed by atoms with E-state index in [4.69, 9.17) is 0 Å². The number of benzene rings is 2. The summed E-state index contributed by atoms with van der Waals surface area (Å²) in [7, 11) is -7.30. The van der Waals surface area contributed by atoms with Crippen LogP contribution in [0.1, 0.15) is 11.1 Å². The maximum absolute atomic E-state index is 12.1. The van der Waals surface area contributed by atoms with Crippen molar-refractivity contribution in [3.63, 3.8) is 0 Å². The van der Waals surface area contributed by atoms with Gasteiger partial charge in [0.15, 0.2) is 0 Å². The molecule has 6 nitrogen and oxygen atoms in total. The molecular formula is C16H22N2Na2O4S2. The molecule has 2 rings (SSSR count). The zero-order chi connectivity index (χ0) is 17.8. The fraction of sp³-hybridized carbons (Fsp3) is 0.250. The fourth-order valence-corrected chi connectivity index (χ4v) is 4.04. The van der Waals surface area contributed by atoms with Gasteiger partial charge in [-0.1, -0.05) is 35.4 Å². The van der Waals surface area contributed by atoms with Crippen LogP contribution < -0.4 is 9.44 Å². The second-order valence-corrected chi connectivity index (χ2v) is 8.96. The Morgan fingerprint density at radius 2 is 0.885 bits per heavy atom. The maximum atomic E-state index is 12.1. The predicted octanol–water partition coefficient (Wildman–Crippen LogP) is 0.263. The molecule has 0 atom stereocenters. The van der Waals surface area contributed by atoms with Crippen molar-refractivity contribution in [2.75, 3.05) is 13.1 Å². The van der Waals surface area contributed by atoms with Crippen molar-refractivity contribution in [1.29, 1.82) is 0 Å². The van der Waals surface area contributed by atoms with Gasteiger partial charge in [0, 0.05) is 13.1 Å². The van der Waals surface area contributed by atoms with E-state index in [9.17, 15) is 16.8 Å². The van der Waals surface area contributed by atoms with Crippen LogP contribution in [-0.2, 0) is 20.0 Å². The Hall–Kier alpha value is 0.260. The van der Waals surface area contributed by atoms with Crippen molar-refractivity contribution in [3.05, 3.63) is 59.7 Å². The van der Waals surface area contributed by atoms with Crippen LogP contribution in [0.4, 0.5) is 0 Å². The van der Waals surface area contributed by atoms with Crippen LogP contribution in [0, 0.1) is 13.8 Å². The molecular weight excluding hydrogens is 394 g/mol. The first-order chi connectivity index (χ1) is 11.2. The Bertz CT molecular complexity index is 821. The van der Waals surface area contributed by atoms with Crippen LogP contribution >= 0.6 is 0 Å². The number of hydrogen-bond donors (Lipinski definition) is 2. The summed E-state index contributed by atoms with van der Waals surface area (Å²) < 4.78 is 53.1. The molecule has 0 fully saturated rings. The topological polar surface area (TPSA) is 92.3 Å². The molecule has 0 aliphatic carbocycles. The van der Waals surface area contributed by atoms with E-state index >= 15 is 0 Å². The molecule has 0 saturated carbocycles. The monoisotopic (exact) mass is 416 g/mol. The van der Waals surface area contributed by atoms with Crippen LogP contribution in [0.5, 0.6) is 0 Å². The standard InChI is InChI=1S/C16H20N2O4S2.2Na.2H/c1-13-3-7-15(8-4-13)23(19,20)17-11-12-18-24(21,22)16-9-5-14(2)6-10-16;;;;/h3-10,17-18H,11-12H2,1-2H3;;;;. The van der Waals surface area contributed by atoms with Gasteiger partial charge in [-0.05, 0) is 38.1 Å². The quantitative estimate of drug-likeness (QED) is 0.500. The number of nitrogens with one attached hydrogen (secondary N) is 2. The molecule has 0 aromatic heterocycles. The summed E-state index contributed by atoms with van der Waals surface area (Å²) in [5, 5.41) is 0. The van der Waals surface area contributed by atoms with Crippen LogP contribution in [0.3, 0.4) is 0 Å². The van der Waals surface area contributed by atoms with E-state index in [1.807, 2.05) is 13.8 Å². The van der Waals surface area contributed by atoms with Gasteiger partial charge in [-0.25, -0.2) is 26.3 Å². The van der Waals surface area contributed by atoms with Crippen molar-refractivity contribution in [2.24, 2.45) is 0 Å². The van der Waals surface area contributed by atoms with Crippen molar-refractivity contribution in [3.8, 4) is 0 Å². The summed E-state index contributed by atoms with van der Waals surface area (Å²) in [6.07, 6.45) is 0. The minimum absolute atomic E-state index is 0. The van der Waals surface area contributed by atoms with Gasteiger partial charge in [-0.15, -0.1) is 0 Å². The Labute approximate surface area is 199 Å². The third-order valence-electron chi connectivity index (χ3n) is 3.37. The molecule has 0 bridgehead atoms. The van der Waals surface area contributed by atoms with E-state index in [0.717, 1.165) is 11.1 Å². The first-order valence-electron chi connectivity index (χ1n) is 7.33. The SMILES string of the molecule is Cc1ccc(S(=O)(=O)NCCNS(=O)(=O)c2ccc(C)cc2)cc1.[NaH].[NaH]. The summed E-state index contributed by atoms with van der Waals surface area (Å²) in [4.78, 5) is 0.295. The number of hydrogen-bond acceptors (Lipinski definition) is 4. The third kappa shape index (κ3) is 7.71. The number of aryl methyl sites for hydroxylation is 2. The molecule has 0 radical (unpaired) electrons. The van der Waals surface area contributed by atoms with Crippen LogP contribution in [0.2, 0.25) is 0 Å². The van der Waals surface area contributed by atoms with Gasteiger partial charge >= 0.3 is 59.1 Å². The molecule has 2 N–H and O–H groups in total. The van der Waals surface area contributed by atoms with E-state index < -0.39 is 20.0 Å². The first kappa shape index (κ1) is 26.3. The molecule has 0 heterocycles. The van der Waals surface area contributed by atoms with Gasteiger partial charge < -0.3 is 0 Å². The van der Waals surface area contributed by atoms with Crippen molar-refractivity contribution < 1.29 is 16.8 Å². The normalized spacial score (nSPS) is 11.3. The van der Waals surface area contributed by atoms with E-state index in [0.29, 0.717) is 0 Å². The Balaban J connectivity index is 0.00000312. The summed E-state index contributed by atoms with van der Waals surface area (Å²) in [5.74, 6) is 0. The van der Waals surface area contributed by atoms with Crippen molar-refractivity contribution >= 4 is 79.2 Å². The molecule has 0 aliphatic heterocycles. The Kier molecular flexibility index (Phi) is 11.4. The minimum atomic E-state index is -3.65. The molecule has 2 aromatic carbocycles. The summed E-state index contributed by atoms with van der Waals surface area (Å²) in [5.41, 5.74) is 1.92. The molecule has 0 spiro atoms. The zero-order valence-corrected chi connectivity index (χ0v) is 15.1. The van der Waals surface area contributed by atoms with Gasteiger partial charge in [-0.3, -0.25) is 0 Å². The van der Waals surface area contributed by atoms with Crippen LogP contribution in [0.25, 0.3) is 0 Å². The van der Waals surface area contributed by atoms with E-state index in [-0.39, 0.29) is 82.0 Å². The molecule has 134 valence electrons. The summed E-state index contributed by atoms with van der Waals surface area (Å²) in [6, 6.07) is 12.8. The first-order valence-corrected chi connectivity index (χ1v) is 10.3. The van der Waals surface area contributed by atoms with Crippen molar-refractivity contribution in [2.45, 2.75) is 23.6 Å². The molecule has 10 heteroatoms. The number of sulfonamides is 2. The van der Waals surface area contributed by atoms with Gasteiger partial charge in [0.25, 0.3) is 0 Å². The molecule has 2 aromatic rings. The Morgan fingerprint density at radius 1 is 0.615 bits per heavy atom. The molecule has 0 aliphatic rings. The molecule has 0 saturated heterocycles. The van der Waals surface area contributed by atoms with Crippen LogP contribution in [-0.4, -0.2) is 89.0 Å². The average molecular weight is 416 g/mol. The molecule has 0 amide bonds.